The number of nitrogens with zero attached hydrogens (tertiary/aromatic N) is 2. The Morgan fingerprint density at radius 3 is 2.71 bits per heavy atom. The summed E-state index contributed by atoms with van der Waals surface area (Å²) in [5.74, 6) is -0.867. The van der Waals surface area contributed by atoms with Gasteiger partial charge in [0, 0.05) is 18.5 Å². The van der Waals surface area contributed by atoms with Crippen LogP contribution < -0.4 is 10.9 Å². The van der Waals surface area contributed by atoms with Gasteiger partial charge in [0.2, 0.25) is 5.91 Å². The van der Waals surface area contributed by atoms with Gasteiger partial charge in [-0.1, -0.05) is 6.07 Å². The first-order valence-electron chi connectivity index (χ1n) is 5.85. The van der Waals surface area contributed by atoms with E-state index in [9.17, 15) is 22.8 Å². The summed E-state index contributed by atoms with van der Waals surface area (Å²) in [6.07, 6.45) is -2.16. The Hall–Kier alpha value is -2.64. The first-order valence-corrected chi connectivity index (χ1v) is 5.85. The van der Waals surface area contributed by atoms with E-state index in [4.69, 9.17) is 0 Å². The van der Waals surface area contributed by atoms with E-state index in [2.05, 4.69) is 10.3 Å². The van der Waals surface area contributed by atoms with E-state index >= 15 is 0 Å². The van der Waals surface area contributed by atoms with Crippen molar-refractivity contribution < 1.29 is 18.0 Å². The number of anilines is 1. The van der Waals surface area contributed by atoms with Gasteiger partial charge in [0.1, 0.15) is 12.4 Å². The van der Waals surface area contributed by atoms with Crippen LogP contribution in [0.25, 0.3) is 0 Å². The Bertz CT molecular complexity index is 710. The molecule has 1 N–H and O–H groups in total. The molecule has 0 bridgehead atoms. The smallest absolute Gasteiger partial charge is 0.309 e. The highest BCUT2D eigenvalue weighted by Gasteiger charge is 2.30. The van der Waals surface area contributed by atoms with E-state index in [0.717, 1.165) is 22.9 Å². The van der Waals surface area contributed by atoms with Crippen LogP contribution in [0.4, 0.5) is 19.0 Å². The molecule has 21 heavy (non-hydrogen) atoms. The molecular weight excluding hydrogens is 287 g/mol. The van der Waals surface area contributed by atoms with Gasteiger partial charge in [-0.3, -0.25) is 9.59 Å². The number of pyridine rings is 2. The van der Waals surface area contributed by atoms with Gasteiger partial charge in [0.05, 0.1) is 5.56 Å². The summed E-state index contributed by atoms with van der Waals surface area (Å²) in [5.41, 5.74) is -1.30. The van der Waals surface area contributed by atoms with Crippen LogP contribution in [0.2, 0.25) is 0 Å². The highest BCUT2D eigenvalue weighted by Crippen LogP contribution is 2.29. The normalized spacial score (nSPS) is 11.2. The number of carbonyl (C=O) groups is 1. The molecule has 1 amide bonds. The van der Waals surface area contributed by atoms with Gasteiger partial charge in [-0.2, -0.15) is 13.2 Å². The minimum Gasteiger partial charge on any atom is -0.309 e. The zero-order valence-electron chi connectivity index (χ0n) is 10.6. The van der Waals surface area contributed by atoms with Crippen molar-refractivity contribution in [3.8, 4) is 0 Å². The lowest BCUT2D eigenvalue weighted by Gasteiger charge is -2.09. The molecule has 2 aromatic heterocycles. The molecule has 0 radical (unpaired) electrons. The predicted octanol–water partition coefficient (Wildman–Crippen LogP) is 1.90. The van der Waals surface area contributed by atoms with Crippen LogP contribution >= 0.6 is 0 Å². The SMILES string of the molecule is O=C(Cn1ccccc1=O)Nc1cc(C(F)(F)F)ccn1. The monoisotopic (exact) mass is 297 g/mol. The summed E-state index contributed by atoms with van der Waals surface area (Å²) in [7, 11) is 0. The first kappa shape index (κ1) is 14.8. The summed E-state index contributed by atoms with van der Waals surface area (Å²) < 4.78 is 38.7. The standard InChI is InChI=1S/C13H10F3N3O2/c14-13(15,16)9-4-5-17-10(7-9)18-11(20)8-19-6-2-1-3-12(19)21/h1-7H,8H2,(H,17,18,20). The lowest BCUT2D eigenvalue weighted by Crippen LogP contribution is -2.26. The van der Waals surface area contributed by atoms with Crippen molar-refractivity contribution in [3.05, 3.63) is 58.6 Å². The molecule has 0 aliphatic heterocycles. The van der Waals surface area contributed by atoms with Crippen molar-refractivity contribution in [2.24, 2.45) is 0 Å². The van der Waals surface area contributed by atoms with Gasteiger partial charge in [-0.05, 0) is 18.2 Å². The Labute approximate surface area is 117 Å². The quantitative estimate of drug-likeness (QED) is 0.941. The summed E-state index contributed by atoms with van der Waals surface area (Å²) in [4.78, 5) is 26.8. The van der Waals surface area contributed by atoms with Gasteiger partial charge >= 0.3 is 6.18 Å². The van der Waals surface area contributed by atoms with Crippen molar-refractivity contribution in [3.63, 3.8) is 0 Å². The van der Waals surface area contributed by atoms with Crippen molar-refractivity contribution in [1.82, 2.24) is 9.55 Å². The van der Waals surface area contributed by atoms with E-state index in [0.29, 0.717) is 0 Å². The Morgan fingerprint density at radius 2 is 2.05 bits per heavy atom. The molecule has 2 aromatic rings. The van der Waals surface area contributed by atoms with Crippen LogP contribution in [-0.4, -0.2) is 15.5 Å². The van der Waals surface area contributed by atoms with Crippen LogP contribution in [0.1, 0.15) is 5.56 Å². The fraction of sp³-hybridized carbons (Fsp3) is 0.154. The Kier molecular flexibility index (Phi) is 4.06. The van der Waals surface area contributed by atoms with Crippen LogP contribution in [0.15, 0.2) is 47.5 Å². The maximum atomic E-state index is 12.5. The minimum absolute atomic E-state index is 0.223. The highest BCUT2D eigenvalue weighted by molar-refractivity contribution is 5.89. The van der Waals surface area contributed by atoms with Gasteiger partial charge < -0.3 is 9.88 Å². The number of hydrogen-bond acceptors (Lipinski definition) is 3. The molecule has 8 heteroatoms. The van der Waals surface area contributed by atoms with E-state index < -0.39 is 17.6 Å². The van der Waals surface area contributed by atoms with Crippen molar-refractivity contribution in [2.45, 2.75) is 12.7 Å². The Morgan fingerprint density at radius 1 is 1.29 bits per heavy atom. The second-order valence-corrected chi connectivity index (χ2v) is 4.14. The maximum absolute atomic E-state index is 12.5. The van der Waals surface area contributed by atoms with Crippen LogP contribution in [-0.2, 0) is 17.5 Å². The van der Waals surface area contributed by atoms with Crippen molar-refractivity contribution in [2.75, 3.05) is 5.32 Å². The van der Waals surface area contributed by atoms with E-state index in [-0.39, 0.29) is 17.9 Å². The molecule has 0 aliphatic rings. The fourth-order valence-electron chi connectivity index (χ4n) is 1.60. The number of hydrogen-bond donors (Lipinski definition) is 1. The molecule has 0 fully saturated rings. The lowest BCUT2D eigenvalue weighted by atomic mass is 10.2. The molecule has 0 saturated heterocycles. The zero-order valence-corrected chi connectivity index (χ0v) is 10.6. The summed E-state index contributed by atoms with van der Waals surface area (Å²) >= 11 is 0. The molecule has 2 rings (SSSR count). The topological polar surface area (TPSA) is 64.0 Å². The lowest BCUT2D eigenvalue weighted by molar-refractivity contribution is -0.137. The molecule has 0 aromatic carbocycles. The second kappa shape index (κ2) is 5.78. The summed E-state index contributed by atoms with van der Waals surface area (Å²) in [6.45, 7) is -0.308. The average Bonchev–Trinajstić information content (AvgIpc) is 2.41. The van der Waals surface area contributed by atoms with Crippen LogP contribution in [0.5, 0.6) is 0 Å². The fourth-order valence-corrected chi connectivity index (χ4v) is 1.60. The molecule has 0 unspecified atom stereocenters. The van der Waals surface area contributed by atoms with E-state index in [1.54, 1.807) is 6.07 Å². The number of nitrogens with one attached hydrogen (secondary N) is 1. The molecule has 0 aliphatic carbocycles. The highest BCUT2D eigenvalue weighted by atomic mass is 19.4. The number of rotatable bonds is 3. The maximum Gasteiger partial charge on any atom is 0.416 e. The van der Waals surface area contributed by atoms with Gasteiger partial charge in [0.25, 0.3) is 5.56 Å². The minimum atomic E-state index is -4.52. The molecule has 0 saturated carbocycles. The van der Waals surface area contributed by atoms with E-state index in [1.807, 2.05) is 0 Å². The zero-order chi connectivity index (χ0) is 15.5. The first-order chi connectivity index (χ1) is 9.86. The summed E-state index contributed by atoms with van der Waals surface area (Å²) in [6, 6.07) is 5.89. The molecular formula is C13H10F3N3O2. The number of carbonyl (C=O) groups excluding carboxylic acids is 1. The number of alkyl halides is 3. The van der Waals surface area contributed by atoms with E-state index in [1.165, 1.54) is 18.3 Å². The average molecular weight is 297 g/mol. The van der Waals surface area contributed by atoms with Gasteiger partial charge in [-0.15, -0.1) is 0 Å². The van der Waals surface area contributed by atoms with Gasteiger partial charge in [0.15, 0.2) is 0 Å². The van der Waals surface area contributed by atoms with Crippen molar-refractivity contribution >= 4 is 11.7 Å². The number of amides is 1. The Balaban J connectivity index is 2.10. The molecule has 2 heterocycles. The second-order valence-electron chi connectivity index (χ2n) is 4.14. The van der Waals surface area contributed by atoms with Crippen LogP contribution in [0, 0.1) is 0 Å². The number of halogens is 3. The third-order valence-corrected chi connectivity index (χ3v) is 2.57. The molecule has 0 atom stereocenters. The van der Waals surface area contributed by atoms with Gasteiger partial charge in [-0.25, -0.2) is 4.98 Å². The largest absolute Gasteiger partial charge is 0.416 e. The molecule has 0 spiro atoms. The predicted molar refractivity (Wildman–Crippen MR) is 68.6 cm³/mol. The number of aromatic nitrogens is 2. The van der Waals surface area contributed by atoms with Crippen molar-refractivity contribution in [1.29, 1.82) is 0 Å². The third-order valence-electron chi connectivity index (χ3n) is 2.57. The molecule has 5 nitrogen and oxygen atoms in total. The summed E-state index contributed by atoms with van der Waals surface area (Å²) in [5, 5.41) is 2.22. The molecule has 110 valence electrons. The third kappa shape index (κ3) is 3.91. The van der Waals surface area contributed by atoms with Crippen LogP contribution in [0.3, 0.4) is 0 Å².